The van der Waals surface area contributed by atoms with E-state index in [4.69, 9.17) is 10.7 Å². The second-order valence-electron chi connectivity index (χ2n) is 4.01. The third kappa shape index (κ3) is 3.13. The van der Waals surface area contributed by atoms with Gasteiger partial charge >= 0.3 is 0 Å². The SMILES string of the molecule is CCc1nc(S(=O)(=O)Cl)cn1Cc1ccccc1F. The summed E-state index contributed by atoms with van der Waals surface area (Å²) in [7, 11) is 1.39. The Morgan fingerprint density at radius 2 is 2.05 bits per heavy atom. The topological polar surface area (TPSA) is 52.0 Å². The molecule has 0 aliphatic heterocycles. The third-order valence-electron chi connectivity index (χ3n) is 2.70. The normalized spacial score (nSPS) is 11.7. The highest BCUT2D eigenvalue weighted by molar-refractivity contribution is 8.13. The highest BCUT2D eigenvalue weighted by Gasteiger charge is 2.17. The molecule has 0 amide bonds. The van der Waals surface area contributed by atoms with E-state index in [1.807, 2.05) is 6.92 Å². The second-order valence-corrected chi connectivity index (χ2v) is 6.52. The number of hydrogen-bond donors (Lipinski definition) is 0. The van der Waals surface area contributed by atoms with Gasteiger partial charge in [0.05, 0.1) is 6.54 Å². The van der Waals surface area contributed by atoms with Crippen molar-refractivity contribution in [3.63, 3.8) is 0 Å². The standard InChI is InChI=1S/C12H12ClFN2O2S/c1-2-11-15-12(19(13,17)18)8-16(11)7-9-5-3-4-6-10(9)14/h3-6,8H,2,7H2,1H3. The van der Waals surface area contributed by atoms with Crippen LogP contribution in [0.4, 0.5) is 4.39 Å². The summed E-state index contributed by atoms with van der Waals surface area (Å²) in [6.07, 6.45) is 1.86. The van der Waals surface area contributed by atoms with Crippen LogP contribution in [0.5, 0.6) is 0 Å². The van der Waals surface area contributed by atoms with Gasteiger partial charge in [-0.15, -0.1) is 0 Å². The average molecular weight is 303 g/mol. The quantitative estimate of drug-likeness (QED) is 0.816. The zero-order valence-corrected chi connectivity index (χ0v) is 11.7. The molecule has 2 aromatic rings. The first-order chi connectivity index (χ1) is 8.91. The molecule has 0 spiro atoms. The Kier molecular flexibility index (Phi) is 3.91. The van der Waals surface area contributed by atoms with Crippen molar-refractivity contribution in [3.05, 3.63) is 47.7 Å². The van der Waals surface area contributed by atoms with Gasteiger partial charge in [0, 0.05) is 28.9 Å². The minimum atomic E-state index is -3.87. The molecule has 0 aliphatic rings. The number of hydrogen-bond acceptors (Lipinski definition) is 3. The lowest BCUT2D eigenvalue weighted by atomic mass is 10.2. The second kappa shape index (κ2) is 5.30. The van der Waals surface area contributed by atoms with Gasteiger partial charge in [0.15, 0.2) is 5.03 Å². The molecule has 0 aliphatic carbocycles. The van der Waals surface area contributed by atoms with E-state index in [9.17, 15) is 12.8 Å². The number of benzene rings is 1. The molecular formula is C12H12ClFN2O2S. The molecule has 2 rings (SSSR count). The van der Waals surface area contributed by atoms with Crippen molar-refractivity contribution in [1.29, 1.82) is 0 Å². The summed E-state index contributed by atoms with van der Waals surface area (Å²) in [5, 5.41) is -0.206. The lowest BCUT2D eigenvalue weighted by molar-refractivity contribution is 0.594. The van der Waals surface area contributed by atoms with Gasteiger partial charge < -0.3 is 4.57 Å². The van der Waals surface area contributed by atoms with Gasteiger partial charge in [0.2, 0.25) is 0 Å². The number of halogens is 2. The van der Waals surface area contributed by atoms with Crippen LogP contribution in [0.25, 0.3) is 0 Å². The van der Waals surface area contributed by atoms with Crippen LogP contribution in [-0.4, -0.2) is 18.0 Å². The van der Waals surface area contributed by atoms with Crippen molar-refractivity contribution >= 4 is 19.7 Å². The lowest BCUT2D eigenvalue weighted by Crippen LogP contribution is -2.04. The summed E-state index contributed by atoms with van der Waals surface area (Å²) < 4.78 is 37.7. The predicted molar refractivity (Wildman–Crippen MR) is 70.1 cm³/mol. The first-order valence-corrected chi connectivity index (χ1v) is 7.97. The van der Waals surface area contributed by atoms with E-state index in [0.717, 1.165) is 0 Å². The van der Waals surface area contributed by atoms with Crippen molar-refractivity contribution in [1.82, 2.24) is 9.55 Å². The van der Waals surface area contributed by atoms with Crippen molar-refractivity contribution in [3.8, 4) is 0 Å². The molecule has 1 aromatic heterocycles. The molecule has 0 radical (unpaired) electrons. The molecule has 7 heteroatoms. The Labute approximate surface area is 115 Å². The molecule has 19 heavy (non-hydrogen) atoms. The Bertz CT molecular complexity index is 698. The van der Waals surface area contributed by atoms with Crippen molar-refractivity contribution in [2.45, 2.75) is 24.9 Å². The largest absolute Gasteiger partial charge is 0.329 e. The van der Waals surface area contributed by atoms with Crippen LogP contribution in [0.3, 0.4) is 0 Å². The van der Waals surface area contributed by atoms with Gasteiger partial charge in [-0.2, -0.15) is 0 Å². The van der Waals surface area contributed by atoms with Crippen molar-refractivity contribution in [2.75, 3.05) is 0 Å². The van der Waals surface area contributed by atoms with Crippen LogP contribution < -0.4 is 0 Å². The maximum Gasteiger partial charge on any atom is 0.280 e. The number of imidazole rings is 1. The maximum absolute atomic E-state index is 13.6. The van der Waals surface area contributed by atoms with Gasteiger partial charge in [0.25, 0.3) is 9.05 Å². The van der Waals surface area contributed by atoms with E-state index in [-0.39, 0.29) is 17.4 Å². The monoisotopic (exact) mass is 302 g/mol. The van der Waals surface area contributed by atoms with Crippen molar-refractivity contribution < 1.29 is 12.8 Å². The lowest BCUT2D eigenvalue weighted by Gasteiger charge is -2.06. The molecule has 0 atom stereocenters. The average Bonchev–Trinajstić information content (AvgIpc) is 2.75. The van der Waals surface area contributed by atoms with Crippen LogP contribution in [0, 0.1) is 5.82 Å². The Morgan fingerprint density at radius 3 is 2.63 bits per heavy atom. The molecule has 0 bridgehead atoms. The number of aromatic nitrogens is 2. The minimum Gasteiger partial charge on any atom is -0.329 e. The fourth-order valence-corrected chi connectivity index (χ4v) is 2.47. The molecule has 1 aromatic carbocycles. The molecule has 0 fully saturated rings. The smallest absolute Gasteiger partial charge is 0.280 e. The summed E-state index contributed by atoms with van der Waals surface area (Å²) in [6, 6.07) is 6.32. The first kappa shape index (κ1) is 14.0. The summed E-state index contributed by atoms with van der Waals surface area (Å²) in [4.78, 5) is 3.95. The summed E-state index contributed by atoms with van der Waals surface area (Å²) in [6.45, 7) is 2.06. The Balaban J connectivity index is 2.40. The molecule has 0 saturated carbocycles. The molecule has 0 saturated heterocycles. The van der Waals surface area contributed by atoms with Crippen LogP contribution in [0.15, 0.2) is 35.5 Å². The first-order valence-electron chi connectivity index (χ1n) is 5.66. The van der Waals surface area contributed by atoms with Crippen LogP contribution in [0.2, 0.25) is 0 Å². The van der Waals surface area contributed by atoms with Crippen LogP contribution >= 0.6 is 10.7 Å². The fourth-order valence-electron chi connectivity index (χ4n) is 1.77. The van der Waals surface area contributed by atoms with E-state index in [1.54, 1.807) is 22.8 Å². The molecule has 4 nitrogen and oxygen atoms in total. The number of aryl methyl sites for hydroxylation is 1. The Hall–Kier alpha value is -1.40. The van der Waals surface area contributed by atoms with E-state index in [2.05, 4.69) is 4.98 Å². The van der Waals surface area contributed by atoms with Gasteiger partial charge in [-0.25, -0.2) is 17.8 Å². The number of rotatable bonds is 4. The fraction of sp³-hybridized carbons (Fsp3) is 0.250. The van der Waals surface area contributed by atoms with Gasteiger partial charge in [-0.05, 0) is 6.07 Å². The highest BCUT2D eigenvalue weighted by atomic mass is 35.7. The van der Waals surface area contributed by atoms with E-state index in [1.165, 1.54) is 12.3 Å². The molecule has 1 heterocycles. The third-order valence-corrected chi connectivity index (χ3v) is 3.87. The minimum absolute atomic E-state index is 0.206. The molecular weight excluding hydrogens is 291 g/mol. The zero-order valence-electron chi connectivity index (χ0n) is 10.2. The summed E-state index contributed by atoms with van der Waals surface area (Å²) >= 11 is 0. The molecule has 0 unspecified atom stereocenters. The van der Waals surface area contributed by atoms with Crippen LogP contribution in [0.1, 0.15) is 18.3 Å². The van der Waals surface area contributed by atoms with E-state index in [0.29, 0.717) is 17.8 Å². The highest BCUT2D eigenvalue weighted by Crippen LogP contribution is 2.17. The Morgan fingerprint density at radius 1 is 1.37 bits per heavy atom. The molecule has 0 N–H and O–H groups in total. The van der Waals surface area contributed by atoms with Gasteiger partial charge in [0.1, 0.15) is 11.6 Å². The van der Waals surface area contributed by atoms with E-state index >= 15 is 0 Å². The zero-order chi connectivity index (χ0) is 14.0. The predicted octanol–water partition coefficient (Wildman–Crippen LogP) is 2.56. The number of nitrogens with zero attached hydrogens (tertiary/aromatic N) is 2. The summed E-state index contributed by atoms with van der Waals surface area (Å²) in [5.74, 6) is 0.205. The molecule has 102 valence electrons. The van der Waals surface area contributed by atoms with Crippen LogP contribution in [-0.2, 0) is 22.0 Å². The van der Waals surface area contributed by atoms with Crippen molar-refractivity contribution in [2.24, 2.45) is 0 Å². The summed E-state index contributed by atoms with van der Waals surface area (Å²) in [5.41, 5.74) is 0.466. The van der Waals surface area contributed by atoms with E-state index < -0.39 is 9.05 Å². The van der Waals surface area contributed by atoms with Gasteiger partial charge in [-0.3, -0.25) is 0 Å². The van der Waals surface area contributed by atoms with Gasteiger partial charge in [-0.1, -0.05) is 25.1 Å². The maximum atomic E-state index is 13.6.